The first-order valence-electron chi connectivity index (χ1n) is 9.98. The van der Waals surface area contributed by atoms with E-state index >= 15 is 0 Å². The Hall–Kier alpha value is -4.26. The Balaban J connectivity index is 1.72. The number of esters is 1. The molecule has 0 unspecified atom stereocenters. The first-order valence-corrected chi connectivity index (χ1v) is 9.98. The van der Waals surface area contributed by atoms with Crippen molar-refractivity contribution in [1.29, 1.82) is 0 Å². The Morgan fingerprint density at radius 3 is 1.88 bits per heavy atom. The van der Waals surface area contributed by atoms with Crippen molar-refractivity contribution in [2.24, 2.45) is 0 Å². The maximum Gasteiger partial charge on any atom is 0.343 e. The van der Waals surface area contributed by atoms with Crippen LogP contribution in [0, 0.1) is 0 Å². The van der Waals surface area contributed by atoms with Crippen LogP contribution in [0.5, 0.6) is 28.7 Å². The van der Waals surface area contributed by atoms with Crippen LogP contribution in [0.15, 0.2) is 66.7 Å². The first-order chi connectivity index (χ1) is 16.0. The summed E-state index contributed by atoms with van der Waals surface area (Å²) in [6.07, 6.45) is 3.16. The zero-order valence-corrected chi connectivity index (χ0v) is 18.8. The van der Waals surface area contributed by atoms with Gasteiger partial charge >= 0.3 is 5.97 Å². The quantitative estimate of drug-likeness (QED) is 0.201. The van der Waals surface area contributed by atoms with E-state index in [1.54, 1.807) is 37.5 Å². The normalized spacial score (nSPS) is 10.5. The molecule has 0 aliphatic carbocycles. The van der Waals surface area contributed by atoms with Gasteiger partial charge in [0.15, 0.2) is 17.3 Å². The molecule has 0 fully saturated rings. The third-order valence-corrected chi connectivity index (χ3v) is 4.80. The van der Waals surface area contributed by atoms with Crippen LogP contribution < -0.4 is 23.7 Å². The molecule has 0 saturated heterocycles. The minimum atomic E-state index is -0.607. The molecule has 7 nitrogen and oxygen atoms in total. The molecule has 3 rings (SSSR count). The number of hydrogen-bond donors (Lipinski definition) is 0. The van der Waals surface area contributed by atoms with Gasteiger partial charge in [-0.1, -0.05) is 18.2 Å². The highest BCUT2D eigenvalue weighted by atomic mass is 16.5. The summed E-state index contributed by atoms with van der Waals surface area (Å²) >= 11 is 0. The average Bonchev–Trinajstić information content (AvgIpc) is 2.86. The molecule has 0 saturated carbocycles. The number of benzene rings is 3. The second-order valence-electron chi connectivity index (χ2n) is 6.77. The zero-order chi connectivity index (χ0) is 23.8. The molecule has 170 valence electrons. The molecule has 0 atom stereocenters. The lowest BCUT2D eigenvalue weighted by Gasteiger charge is -2.13. The van der Waals surface area contributed by atoms with E-state index in [4.69, 9.17) is 23.7 Å². The number of ether oxygens (including phenoxy) is 5. The summed E-state index contributed by atoms with van der Waals surface area (Å²) in [4.78, 5) is 25.1. The van der Waals surface area contributed by atoms with Crippen LogP contribution in [-0.4, -0.2) is 40.2 Å². The van der Waals surface area contributed by atoms with Gasteiger partial charge in [-0.3, -0.25) is 4.79 Å². The second kappa shape index (κ2) is 10.9. The van der Waals surface area contributed by atoms with Gasteiger partial charge in [0, 0.05) is 11.1 Å². The second-order valence-corrected chi connectivity index (χ2v) is 6.77. The zero-order valence-electron chi connectivity index (χ0n) is 18.8. The first kappa shape index (κ1) is 23.4. The molecule has 7 heteroatoms. The van der Waals surface area contributed by atoms with Crippen molar-refractivity contribution in [2.45, 2.75) is 0 Å². The van der Waals surface area contributed by atoms with Crippen LogP contribution in [0.25, 0.3) is 6.08 Å². The standard InChI is InChI=1S/C26H24O7/c1-29-22-8-6-5-7-18(22)11-14-21(27)17-9-12-20(13-10-17)33-26(28)19-15-23(30-2)25(32-4)24(16-19)31-3/h5-16H,1-4H3. The van der Waals surface area contributed by atoms with Crippen molar-refractivity contribution < 1.29 is 33.3 Å². The monoisotopic (exact) mass is 448 g/mol. The van der Waals surface area contributed by atoms with Gasteiger partial charge < -0.3 is 23.7 Å². The smallest absolute Gasteiger partial charge is 0.343 e. The fourth-order valence-electron chi connectivity index (χ4n) is 3.12. The topological polar surface area (TPSA) is 80.3 Å². The van der Waals surface area contributed by atoms with E-state index in [0.29, 0.717) is 34.3 Å². The van der Waals surface area contributed by atoms with E-state index in [0.717, 1.165) is 5.56 Å². The number of ketones is 1. The maximum atomic E-state index is 12.6. The van der Waals surface area contributed by atoms with Crippen molar-refractivity contribution >= 4 is 17.8 Å². The highest BCUT2D eigenvalue weighted by molar-refractivity contribution is 6.07. The minimum absolute atomic E-state index is 0.191. The summed E-state index contributed by atoms with van der Waals surface area (Å²) in [5, 5.41) is 0. The van der Waals surface area contributed by atoms with E-state index in [9.17, 15) is 9.59 Å². The molecular weight excluding hydrogens is 424 g/mol. The van der Waals surface area contributed by atoms with E-state index in [1.807, 2.05) is 24.3 Å². The third kappa shape index (κ3) is 5.51. The largest absolute Gasteiger partial charge is 0.496 e. The van der Waals surface area contributed by atoms with Crippen molar-refractivity contribution in [3.05, 3.63) is 83.4 Å². The SMILES string of the molecule is COc1ccccc1C=CC(=O)c1ccc(OC(=O)c2cc(OC)c(OC)c(OC)c2)cc1. The van der Waals surface area contributed by atoms with Gasteiger partial charge in [-0.05, 0) is 54.6 Å². The Bertz CT molecular complexity index is 1140. The lowest BCUT2D eigenvalue weighted by Crippen LogP contribution is -2.10. The Morgan fingerprint density at radius 1 is 0.697 bits per heavy atom. The summed E-state index contributed by atoms with van der Waals surface area (Å²) in [6, 6.07) is 16.7. The predicted molar refractivity (Wildman–Crippen MR) is 124 cm³/mol. The molecule has 0 aliphatic heterocycles. The third-order valence-electron chi connectivity index (χ3n) is 4.80. The van der Waals surface area contributed by atoms with Crippen molar-refractivity contribution in [3.8, 4) is 28.7 Å². The van der Waals surface area contributed by atoms with Crippen LogP contribution in [-0.2, 0) is 0 Å². The number of allylic oxidation sites excluding steroid dienone is 1. The van der Waals surface area contributed by atoms with Crippen LogP contribution in [0.2, 0.25) is 0 Å². The molecule has 0 heterocycles. The van der Waals surface area contributed by atoms with E-state index in [1.165, 1.54) is 39.5 Å². The fourth-order valence-corrected chi connectivity index (χ4v) is 3.12. The lowest BCUT2D eigenvalue weighted by atomic mass is 10.1. The number of para-hydroxylation sites is 1. The Kier molecular flexibility index (Phi) is 7.70. The summed E-state index contributed by atoms with van der Waals surface area (Å²) < 4.78 is 26.5. The van der Waals surface area contributed by atoms with Gasteiger partial charge in [-0.2, -0.15) is 0 Å². The van der Waals surface area contributed by atoms with Crippen LogP contribution >= 0.6 is 0 Å². The molecule has 0 spiro atoms. The van der Waals surface area contributed by atoms with Gasteiger partial charge in [0.25, 0.3) is 0 Å². The number of rotatable bonds is 9. The molecule has 0 amide bonds. The Labute approximate surface area is 192 Å². The molecule has 0 aliphatic rings. The summed E-state index contributed by atoms with van der Waals surface area (Å²) in [7, 11) is 5.98. The van der Waals surface area contributed by atoms with Crippen LogP contribution in [0.3, 0.4) is 0 Å². The van der Waals surface area contributed by atoms with Crippen LogP contribution in [0.4, 0.5) is 0 Å². The van der Waals surface area contributed by atoms with Gasteiger partial charge in [0.05, 0.1) is 34.0 Å². The molecule has 3 aromatic carbocycles. The molecule has 0 aromatic heterocycles. The number of carbonyl (C=O) groups excluding carboxylic acids is 2. The number of hydrogen-bond acceptors (Lipinski definition) is 7. The lowest BCUT2D eigenvalue weighted by molar-refractivity contribution is 0.0733. The molecule has 3 aromatic rings. The molecule has 0 bridgehead atoms. The van der Waals surface area contributed by atoms with Crippen molar-refractivity contribution in [3.63, 3.8) is 0 Å². The maximum absolute atomic E-state index is 12.6. The predicted octanol–water partition coefficient (Wildman–Crippen LogP) is 4.84. The van der Waals surface area contributed by atoms with Gasteiger partial charge in [-0.15, -0.1) is 0 Å². The number of carbonyl (C=O) groups is 2. The van der Waals surface area contributed by atoms with Crippen molar-refractivity contribution in [2.75, 3.05) is 28.4 Å². The molecule has 0 N–H and O–H groups in total. The van der Waals surface area contributed by atoms with E-state index in [2.05, 4.69) is 0 Å². The van der Waals surface area contributed by atoms with E-state index in [-0.39, 0.29) is 11.3 Å². The summed E-state index contributed by atoms with van der Waals surface area (Å²) in [5.41, 5.74) is 1.47. The summed E-state index contributed by atoms with van der Waals surface area (Å²) in [6.45, 7) is 0. The van der Waals surface area contributed by atoms with Gasteiger partial charge in [0.2, 0.25) is 5.75 Å². The molecule has 33 heavy (non-hydrogen) atoms. The fraction of sp³-hybridized carbons (Fsp3) is 0.154. The average molecular weight is 448 g/mol. The Morgan fingerprint density at radius 2 is 1.30 bits per heavy atom. The van der Waals surface area contributed by atoms with E-state index < -0.39 is 5.97 Å². The number of methoxy groups -OCH3 is 4. The highest BCUT2D eigenvalue weighted by Crippen LogP contribution is 2.38. The summed E-state index contributed by atoms with van der Waals surface area (Å²) in [5.74, 6) is 1.22. The van der Waals surface area contributed by atoms with Crippen LogP contribution in [0.1, 0.15) is 26.3 Å². The molecular formula is C26H24O7. The highest BCUT2D eigenvalue weighted by Gasteiger charge is 2.18. The van der Waals surface area contributed by atoms with Gasteiger partial charge in [-0.25, -0.2) is 4.79 Å². The van der Waals surface area contributed by atoms with Gasteiger partial charge in [0.1, 0.15) is 11.5 Å². The minimum Gasteiger partial charge on any atom is -0.496 e. The van der Waals surface area contributed by atoms with Crippen molar-refractivity contribution in [1.82, 2.24) is 0 Å². The molecule has 0 radical (unpaired) electrons.